The lowest BCUT2D eigenvalue weighted by atomic mass is 10.0. The zero-order valence-corrected chi connectivity index (χ0v) is 19.4. The van der Waals surface area contributed by atoms with Crippen molar-refractivity contribution in [2.45, 2.75) is 38.3 Å². The molecule has 0 spiro atoms. The molecule has 8 heteroatoms. The average Bonchev–Trinajstić information content (AvgIpc) is 3.08. The van der Waals surface area contributed by atoms with Crippen molar-refractivity contribution in [1.29, 1.82) is 0 Å². The molecule has 3 aliphatic rings. The number of hydrogen-bond donors (Lipinski definition) is 1. The highest BCUT2D eigenvalue weighted by atomic mass is 32.1. The van der Waals surface area contributed by atoms with E-state index in [-0.39, 0.29) is 6.03 Å². The zero-order valence-electron chi connectivity index (χ0n) is 18.6. The van der Waals surface area contributed by atoms with Crippen LogP contribution in [0.4, 0.5) is 4.79 Å². The smallest absolute Gasteiger partial charge is 0.318 e. The first-order valence-electron chi connectivity index (χ1n) is 11.0. The summed E-state index contributed by atoms with van der Waals surface area (Å²) in [6.07, 6.45) is 2.14. The molecule has 31 heavy (non-hydrogen) atoms. The van der Waals surface area contributed by atoms with Gasteiger partial charge in [-0.3, -0.25) is 0 Å². The van der Waals surface area contributed by atoms with Gasteiger partial charge >= 0.3 is 6.03 Å². The van der Waals surface area contributed by atoms with Crippen LogP contribution in [0.1, 0.15) is 32.4 Å². The number of urea groups is 1. The van der Waals surface area contributed by atoms with E-state index < -0.39 is 5.54 Å². The number of carbonyl (C=O) groups excluding carboxylic acids is 1. The molecule has 0 saturated carbocycles. The number of aromatic nitrogens is 1. The number of nitrogens with zero attached hydrogens (tertiary/aromatic N) is 3. The molecule has 1 N–H and O–H groups in total. The Morgan fingerprint density at radius 1 is 1.16 bits per heavy atom. The number of methoxy groups -OCH3 is 1. The molecule has 3 aliphatic heterocycles. The number of amides is 2. The second-order valence-corrected chi connectivity index (χ2v) is 9.58. The summed E-state index contributed by atoms with van der Waals surface area (Å²) in [4.78, 5) is 22.4. The monoisotopic (exact) mass is 444 g/mol. The van der Waals surface area contributed by atoms with Gasteiger partial charge < -0.3 is 24.6 Å². The van der Waals surface area contributed by atoms with Crippen LogP contribution in [-0.2, 0) is 10.3 Å². The lowest BCUT2D eigenvalue weighted by Crippen LogP contribution is -2.52. The minimum Gasteiger partial charge on any atom is -0.491 e. The van der Waals surface area contributed by atoms with E-state index in [9.17, 15) is 4.79 Å². The molecule has 0 unspecified atom stereocenters. The maximum atomic E-state index is 13.1. The van der Waals surface area contributed by atoms with Crippen LogP contribution in [0.5, 0.6) is 5.75 Å². The Hall–Kier alpha value is -2.16. The Kier molecular flexibility index (Phi) is 6.79. The normalized spacial score (nSPS) is 21.1. The van der Waals surface area contributed by atoms with Gasteiger partial charge in [-0.1, -0.05) is 0 Å². The van der Waals surface area contributed by atoms with Crippen LogP contribution in [0, 0.1) is 0 Å². The van der Waals surface area contributed by atoms with Gasteiger partial charge in [0.2, 0.25) is 0 Å². The number of benzene rings is 1. The van der Waals surface area contributed by atoms with Gasteiger partial charge in [0.05, 0.1) is 17.8 Å². The van der Waals surface area contributed by atoms with Gasteiger partial charge in [0.1, 0.15) is 17.4 Å². The van der Waals surface area contributed by atoms with Crippen LogP contribution in [0.25, 0.3) is 10.6 Å². The predicted molar refractivity (Wildman–Crippen MR) is 123 cm³/mol. The van der Waals surface area contributed by atoms with Crippen LogP contribution >= 0.6 is 11.3 Å². The summed E-state index contributed by atoms with van der Waals surface area (Å²) in [5.74, 6) is 0.813. The molecule has 2 aromatic rings. The molecule has 0 radical (unpaired) electrons. The highest BCUT2D eigenvalue weighted by molar-refractivity contribution is 7.13. The standard InChI is InChI=1S/C23H32N4O3S/c1-23(2,25-22(28)27-13-12-26-10-8-18(27)9-11-26)20-16-31-21(24-20)17-4-6-19(7-5-17)30-15-14-29-3/h4-7,16,18H,8-15H2,1-3H3,(H,25,28). The van der Waals surface area contributed by atoms with Gasteiger partial charge in [-0.2, -0.15) is 0 Å². The summed E-state index contributed by atoms with van der Waals surface area (Å²) in [6.45, 7) is 9.11. The number of thiazole rings is 1. The van der Waals surface area contributed by atoms with Crippen molar-refractivity contribution in [1.82, 2.24) is 20.1 Å². The Bertz CT molecular complexity index is 875. The van der Waals surface area contributed by atoms with Crippen molar-refractivity contribution in [3.63, 3.8) is 0 Å². The lowest BCUT2D eigenvalue weighted by molar-refractivity contribution is 0.146. The fourth-order valence-corrected chi connectivity index (χ4v) is 5.18. The molecule has 2 amide bonds. The van der Waals surface area contributed by atoms with E-state index in [0.29, 0.717) is 19.3 Å². The Morgan fingerprint density at radius 3 is 2.61 bits per heavy atom. The van der Waals surface area contributed by atoms with Crippen LogP contribution in [0.15, 0.2) is 29.6 Å². The number of fused-ring (bicyclic) bond motifs is 4. The molecule has 0 aliphatic carbocycles. The van der Waals surface area contributed by atoms with Gasteiger partial charge in [0.25, 0.3) is 0 Å². The van der Waals surface area contributed by atoms with Gasteiger partial charge in [-0.15, -0.1) is 11.3 Å². The molecule has 3 saturated heterocycles. The topological polar surface area (TPSA) is 66.9 Å². The minimum atomic E-state index is -0.542. The SMILES string of the molecule is COCCOc1ccc(-c2nc(C(C)(C)NC(=O)N3CCN4CCC3CC4)cs2)cc1. The predicted octanol–water partition coefficient (Wildman–Crippen LogP) is 3.56. The molecular formula is C23H32N4O3S. The van der Waals surface area contributed by atoms with E-state index in [1.54, 1.807) is 18.4 Å². The fourth-order valence-electron chi connectivity index (χ4n) is 4.19. The third-order valence-electron chi connectivity index (χ3n) is 6.14. The summed E-state index contributed by atoms with van der Waals surface area (Å²) >= 11 is 1.59. The van der Waals surface area contributed by atoms with Crippen molar-refractivity contribution in [2.24, 2.45) is 0 Å². The van der Waals surface area contributed by atoms with E-state index in [2.05, 4.69) is 10.2 Å². The molecule has 1 aromatic heterocycles. The van der Waals surface area contributed by atoms with Gasteiger partial charge in [0.15, 0.2) is 0 Å². The second-order valence-electron chi connectivity index (χ2n) is 8.72. The Labute approximate surface area is 188 Å². The summed E-state index contributed by atoms with van der Waals surface area (Å²) in [7, 11) is 1.66. The minimum absolute atomic E-state index is 0.0193. The maximum Gasteiger partial charge on any atom is 0.318 e. The van der Waals surface area contributed by atoms with E-state index in [1.807, 2.05) is 48.4 Å². The first kappa shape index (κ1) is 22.0. The maximum absolute atomic E-state index is 13.1. The van der Waals surface area contributed by atoms with Crippen molar-refractivity contribution < 1.29 is 14.3 Å². The lowest BCUT2D eigenvalue weighted by Gasteiger charge is -2.34. The largest absolute Gasteiger partial charge is 0.491 e. The number of rotatable bonds is 7. The quantitative estimate of drug-likeness (QED) is 0.662. The summed E-state index contributed by atoms with van der Waals surface area (Å²) in [5, 5.41) is 6.21. The third kappa shape index (κ3) is 5.19. The fraction of sp³-hybridized carbons (Fsp3) is 0.565. The molecule has 3 fully saturated rings. The van der Waals surface area contributed by atoms with E-state index in [0.717, 1.165) is 61.0 Å². The van der Waals surface area contributed by atoms with Crippen molar-refractivity contribution in [3.8, 4) is 16.3 Å². The van der Waals surface area contributed by atoms with Gasteiger partial charge in [-0.05, 0) is 51.0 Å². The van der Waals surface area contributed by atoms with E-state index >= 15 is 0 Å². The summed E-state index contributed by atoms with van der Waals surface area (Å²) in [6, 6.07) is 8.29. The number of ether oxygens (including phenoxy) is 2. The molecule has 2 bridgehead atoms. The highest BCUT2D eigenvalue weighted by Crippen LogP contribution is 2.30. The molecule has 4 heterocycles. The van der Waals surface area contributed by atoms with Crippen LogP contribution < -0.4 is 10.1 Å². The molecule has 1 aromatic carbocycles. The molecule has 5 rings (SSSR count). The highest BCUT2D eigenvalue weighted by Gasteiger charge is 2.35. The second kappa shape index (κ2) is 9.54. The van der Waals surface area contributed by atoms with Gasteiger partial charge in [-0.25, -0.2) is 9.78 Å². The average molecular weight is 445 g/mol. The van der Waals surface area contributed by atoms with Crippen molar-refractivity contribution in [3.05, 3.63) is 35.3 Å². The van der Waals surface area contributed by atoms with Gasteiger partial charge in [0, 0.05) is 50.3 Å². The summed E-state index contributed by atoms with van der Waals surface area (Å²) in [5.41, 5.74) is 1.37. The van der Waals surface area contributed by atoms with Crippen LogP contribution in [0.2, 0.25) is 0 Å². The van der Waals surface area contributed by atoms with Crippen molar-refractivity contribution in [2.75, 3.05) is 46.5 Å². The first-order valence-corrected chi connectivity index (χ1v) is 11.8. The third-order valence-corrected chi connectivity index (χ3v) is 7.03. The molecule has 0 atom stereocenters. The van der Waals surface area contributed by atoms with Crippen LogP contribution in [-0.4, -0.2) is 73.4 Å². The Morgan fingerprint density at radius 2 is 1.90 bits per heavy atom. The zero-order chi connectivity index (χ0) is 21.8. The summed E-state index contributed by atoms with van der Waals surface area (Å²) < 4.78 is 10.6. The Balaban J connectivity index is 1.40. The van der Waals surface area contributed by atoms with Crippen molar-refractivity contribution >= 4 is 17.4 Å². The van der Waals surface area contributed by atoms with E-state index in [1.165, 1.54) is 0 Å². The molecular weight excluding hydrogens is 412 g/mol. The molecule has 168 valence electrons. The van der Waals surface area contributed by atoms with Crippen LogP contribution in [0.3, 0.4) is 0 Å². The number of piperidine rings is 1. The first-order chi connectivity index (χ1) is 15.0. The van der Waals surface area contributed by atoms with E-state index in [4.69, 9.17) is 14.5 Å². The number of hydrogen-bond acceptors (Lipinski definition) is 6. The molecule has 7 nitrogen and oxygen atoms in total. The number of carbonyl (C=O) groups is 1. The number of nitrogens with one attached hydrogen (secondary N) is 1.